The fourth-order valence-electron chi connectivity index (χ4n) is 2.19. The number of carboxylic acid groups (broad SMARTS) is 1. The third-order valence-corrected chi connectivity index (χ3v) is 4.90. The van der Waals surface area contributed by atoms with Crippen LogP contribution in [0.2, 0.25) is 0 Å². The van der Waals surface area contributed by atoms with E-state index in [2.05, 4.69) is 28.6 Å². The number of amides is 4. The van der Waals surface area contributed by atoms with Crippen LogP contribution in [0.3, 0.4) is 0 Å². The number of rotatable bonds is 14. The number of aliphatic carboxylic acids is 1. The van der Waals surface area contributed by atoms with Crippen molar-refractivity contribution in [2.75, 3.05) is 17.8 Å². The molecule has 0 aromatic heterocycles. The van der Waals surface area contributed by atoms with E-state index in [0.29, 0.717) is 5.75 Å². The van der Waals surface area contributed by atoms with Gasteiger partial charge in [-0.2, -0.15) is 24.4 Å². The largest absolute Gasteiger partial charge is 0.480 e. The monoisotopic (exact) mass is 467 g/mol. The Bertz CT molecular complexity index is 635. The van der Waals surface area contributed by atoms with Crippen LogP contribution in [0.5, 0.6) is 0 Å². The molecule has 0 aliphatic rings. The summed E-state index contributed by atoms with van der Waals surface area (Å²) in [5.74, 6) is -4.36. The lowest BCUT2D eigenvalue weighted by molar-refractivity contribution is -0.145. The Labute approximate surface area is 183 Å². The van der Waals surface area contributed by atoms with Crippen LogP contribution in [-0.2, 0) is 24.0 Å². The van der Waals surface area contributed by atoms with E-state index >= 15 is 0 Å². The van der Waals surface area contributed by atoms with Crippen LogP contribution in [0.15, 0.2) is 0 Å². The molecule has 0 saturated heterocycles. The van der Waals surface area contributed by atoms with Crippen LogP contribution in [0.4, 0.5) is 0 Å². The highest BCUT2D eigenvalue weighted by Gasteiger charge is 2.32. The molecular weight excluding hydrogens is 438 g/mol. The summed E-state index contributed by atoms with van der Waals surface area (Å²) in [6, 6.07) is -5.19. The first-order chi connectivity index (χ1) is 13.9. The van der Waals surface area contributed by atoms with Gasteiger partial charge in [-0.1, -0.05) is 0 Å². The zero-order chi connectivity index (χ0) is 23.4. The summed E-state index contributed by atoms with van der Waals surface area (Å²) < 4.78 is 0. The number of nitrogens with two attached hydrogens (primary N) is 2. The van der Waals surface area contributed by atoms with E-state index < -0.39 is 66.3 Å². The lowest BCUT2D eigenvalue weighted by Gasteiger charge is -2.25. The number of carbonyl (C=O) groups excluding carboxylic acids is 4. The molecule has 0 aromatic rings. The molecule has 9 N–H and O–H groups in total. The summed E-state index contributed by atoms with van der Waals surface area (Å²) in [5.41, 5.74) is 10.7. The van der Waals surface area contributed by atoms with Crippen molar-refractivity contribution >= 4 is 54.0 Å². The maximum Gasteiger partial charge on any atom is 0.328 e. The average Bonchev–Trinajstić information content (AvgIpc) is 2.66. The van der Waals surface area contributed by atoms with Crippen molar-refractivity contribution < 1.29 is 34.2 Å². The highest BCUT2D eigenvalue weighted by molar-refractivity contribution is 7.98. The molecule has 5 unspecified atom stereocenters. The molecule has 0 bridgehead atoms. The van der Waals surface area contributed by atoms with E-state index in [1.54, 1.807) is 6.26 Å². The van der Waals surface area contributed by atoms with Gasteiger partial charge in [0.15, 0.2) is 6.04 Å². The number of carbonyl (C=O) groups is 5. The first-order valence-electron chi connectivity index (χ1n) is 8.90. The topological polar surface area (TPSA) is 214 Å². The van der Waals surface area contributed by atoms with Crippen LogP contribution < -0.4 is 27.4 Å². The molecule has 5 atom stereocenters. The Hall–Kier alpha value is -2.03. The predicted octanol–water partition coefficient (Wildman–Crippen LogP) is -3.21. The third kappa shape index (κ3) is 10.1. The maximum absolute atomic E-state index is 12.6. The fraction of sp³-hybridized carbons (Fsp3) is 0.688. The number of aliphatic hydroxyl groups is 1. The highest BCUT2D eigenvalue weighted by atomic mass is 32.2. The minimum atomic E-state index is -1.58. The molecule has 14 heteroatoms. The van der Waals surface area contributed by atoms with Gasteiger partial charge in [0, 0.05) is 5.75 Å². The van der Waals surface area contributed by atoms with Gasteiger partial charge >= 0.3 is 5.97 Å². The first-order valence-corrected chi connectivity index (χ1v) is 10.9. The summed E-state index contributed by atoms with van der Waals surface area (Å²) >= 11 is 5.26. The van der Waals surface area contributed by atoms with Gasteiger partial charge in [0.25, 0.3) is 0 Å². The molecule has 4 amide bonds. The molecule has 12 nitrogen and oxygen atoms in total. The van der Waals surface area contributed by atoms with Gasteiger partial charge < -0.3 is 37.6 Å². The van der Waals surface area contributed by atoms with Crippen LogP contribution >= 0.6 is 24.4 Å². The molecule has 0 aliphatic heterocycles. The van der Waals surface area contributed by atoms with Gasteiger partial charge in [0.2, 0.25) is 23.6 Å². The predicted molar refractivity (Wildman–Crippen MR) is 114 cm³/mol. The zero-order valence-electron chi connectivity index (χ0n) is 16.7. The summed E-state index contributed by atoms with van der Waals surface area (Å²) in [7, 11) is 0. The van der Waals surface area contributed by atoms with E-state index in [4.69, 9.17) is 16.6 Å². The van der Waals surface area contributed by atoms with E-state index in [1.165, 1.54) is 18.7 Å². The Morgan fingerprint density at radius 3 is 2.00 bits per heavy atom. The molecule has 172 valence electrons. The van der Waals surface area contributed by atoms with E-state index in [0.717, 1.165) is 0 Å². The van der Waals surface area contributed by atoms with Gasteiger partial charge in [0.05, 0.1) is 18.6 Å². The highest BCUT2D eigenvalue weighted by Crippen LogP contribution is 2.05. The fourth-order valence-corrected chi connectivity index (χ4v) is 2.83. The summed E-state index contributed by atoms with van der Waals surface area (Å²) in [4.78, 5) is 59.6. The number of aliphatic hydroxyl groups excluding tert-OH is 1. The molecule has 0 radical (unpaired) electrons. The van der Waals surface area contributed by atoms with Gasteiger partial charge in [-0.15, -0.1) is 0 Å². The quantitative estimate of drug-likeness (QED) is 0.120. The maximum atomic E-state index is 12.6. The molecule has 0 aliphatic carbocycles. The Morgan fingerprint density at radius 1 is 1.03 bits per heavy atom. The lowest BCUT2D eigenvalue weighted by atomic mass is 10.1. The molecule has 0 aromatic carbocycles. The SMILES string of the molecule is CSCCC(NC(=O)C(CC(N)=O)NC(=O)C(N)CS)C(=O)NC(C(=O)O)C(C)O. The van der Waals surface area contributed by atoms with Gasteiger partial charge in [-0.3, -0.25) is 19.2 Å². The molecule has 30 heavy (non-hydrogen) atoms. The van der Waals surface area contributed by atoms with Crippen molar-refractivity contribution in [1.82, 2.24) is 16.0 Å². The van der Waals surface area contributed by atoms with Crippen molar-refractivity contribution in [2.24, 2.45) is 11.5 Å². The van der Waals surface area contributed by atoms with Crippen molar-refractivity contribution in [2.45, 2.75) is 50.0 Å². The Kier molecular flexibility index (Phi) is 13.1. The van der Waals surface area contributed by atoms with Crippen molar-refractivity contribution in [3.8, 4) is 0 Å². The number of hydrogen-bond donors (Lipinski definition) is 8. The number of primary amides is 1. The average molecular weight is 468 g/mol. The summed E-state index contributed by atoms with van der Waals surface area (Å²) in [6.07, 6.45) is -0.0352. The minimum Gasteiger partial charge on any atom is -0.480 e. The van der Waals surface area contributed by atoms with Crippen molar-refractivity contribution in [1.29, 1.82) is 0 Å². The van der Waals surface area contributed by atoms with Crippen LogP contribution in [0.25, 0.3) is 0 Å². The molecule has 0 heterocycles. The molecule has 0 fully saturated rings. The smallest absolute Gasteiger partial charge is 0.328 e. The molecule has 0 rings (SSSR count). The number of thiol groups is 1. The normalized spacial score (nSPS) is 15.8. The van der Waals surface area contributed by atoms with Crippen molar-refractivity contribution in [3.05, 3.63) is 0 Å². The van der Waals surface area contributed by atoms with Crippen LogP contribution in [-0.4, -0.2) is 87.8 Å². The van der Waals surface area contributed by atoms with Crippen LogP contribution in [0, 0.1) is 0 Å². The molecule has 0 spiro atoms. The summed E-state index contributed by atoms with van der Waals surface area (Å²) in [5, 5.41) is 25.5. The van der Waals surface area contributed by atoms with E-state index in [1.807, 2.05) is 0 Å². The van der Waals surface area contributed by atoms with Crippen LogP contribution in [0.1, 0.15) is 19.8 Å². The molecular formula is C16H29N5O7S2. The second kappa shape index (κ2) is 14.1. The van der Waals surface area contributed by atoms with E-state index in [-0.39, 0.29) is 12.2 Å². The van der Waals surface area contributed by atoms with Crippen molar-refractivity contribution in [3.63, 3.8) is 0 Å². The third-order valence-electron chi connectivity index (χ3n) is 3.86. The lowest BCUT2D eigenvalue weighted by Crippen LogP contribution is -2.59. The summed E-state index contributed by atoms with van der Waals surface area (Å²) in [6.45, 7) is 1.19. The number of nitrogens with one attached hydrogen (secondary N) is 3. The Morgan fingerprint density at radius 2 is 1.57 bits per heavy atom. The first kappa shape index (κ1) is 28.0. The van der Waals surface area contributed by atoms with E-state index in [9.17, 15) is 29.1 Å². The number of carboxylic acids is 1. The Balaban J connectivity index is 5.43. The standard InChI is InChI=1S/C16H29N5O7S2/c1-7(22)12(16(27)28)21-14(25)9(3-4-30-2)19-15(26)10(5-11(18)23)20-13(24)8(17)6-29/h7-10,12,22,29H,3-6,17H2,1-2H3,(H2,18,23)(H,19,26)(H,20,24)(H,21,25)(H,27,28). The number of hydrogen-bond acceptors (Lipinski definition) is 9. The number of thioether (sulfide) groups is 1. The van der Waals surface area contributed by atoms with Gasteiger partial charge in [-0.25, -0.2) is 4.79 Å². The zero-order valence-corrected chi connectivity index (χ0v) is 18.4. The van der Waals surface area contributed by atoms with Gasteiger partial charge in [0.1, 0.15) is 12.1 Å². The second-order valence-electron chi connectivity index (χ2n) is 6.43. The van der Waals surface area contributed by atoms with Gasteiger partial charge in [-0.05, 0) is 25.4 Å². The minimum absolute atomic E-state index is 0.00851. The molecule has 0 saturated carbocycles. The second-order valence-corrected chi connectivity index (χ2v) is 7.78.